The third kappa shape index (κ3) is 3.07. The van der Waals surface area contributed by atoms with Crippen molar-refractivity contribution < 1.29 is 9.53 Å². The first kappa shape index (κ1) is 16.3. The van der Waals surface area contributed by atoms with Crippen molar-refractivity contribution in [1.29, 1.82) is 0 Å². The Balaban J connectivity index is 2.12. The molecular formula is C16H18N2O3S2. The lowest BCUT2D eigenvalue weighted by Crippen LogP contribution is -2.23. The number of rotatable bonds is 5. The Kier molecular flexibility index (Phi) is 4.87. The van der Waals surface area contributed by atoms with E-state index in [2.05, 4.69) is 16.3 Å². The van der Waals surface area contributed by atoms with Gasteiger partial charge in [-0.2, -0.15) is 0 Å². The molecule has 23 heavy (non-hydrogen) atoms. The molecule has 0 radical (unpaired) electrons. The minimum atomic E-state index is -0.333. The molecular weight excluding hydrogens is 332 g/mol. The van der Waals surface area contributed by atoms with Gasteiger partial charge in [-0.1, -0.05) is 17.8 Å². The summed E-state index contributed by atoms with van der Waals surface area (Å²) in [5, 5.41) is 1.31. The highest BCUT2D eigenvalue weighted by Crippen LogP contribution is 2.34. The highest BCUT2D eigenvalue weighted by Gasteiger charge is 2.22. The highest BCUT2D eigenvalue weighted by molar-refractivity contribution is 7.99. The SMILES string of the molecule is C=CCn1c(SCC(=O)OC)nc2sc3c(c2c1=O)CCCC3. The van der Waals surface area contributed by atoms with E-state index in [4.69, 9.17) is 0 Å². The molecule has 2 aromatic heterocycles. The number of thiophene rings is 1. The Labute approximate surface area is 142 Å². The molecule has 0 bridgehead atoms. The highest BCUT2D eigenvalue weighted by atomic mass is 32.2. The molecule has 1 aliphatic carbocycles. The topological polar surface area (TPSA) is 61.2 Å². The van der Waals surface area contributed by atoms with Gasteiger partial charge in [0, 0.05) is 11.4 Å². The number of allylic oxidation sites excluding steroid dienone is 1. The molecule has 0 fully saturated rings. The van der Waals surface area contributed by atoms with Crippen LogP contribution in [0.5, 0.6) is 0 Å². The van der Waals surface area contributed by atoms with Crippen LogP contribution < -0.4 is 5.56 Å². The number of carbonyl (C=O) groups excluding carboxylic acids is 1. The second-order valence-electron chi connectivity index (χ2n) is 5.35. The Hall–Kier alpha value is -1.60. The molecule has 7 heteroatoms. The normalized spacial score (nSPS) is 13.8. The number of nitrogens with zero attached hydrogens (tertiary/aromatic N) is 2. The number of aryl methyl sites for hydroxylation is 2. The summed E-state index contributed by atoms with van der Waals surface area (Å²) in [6, 6.07) is 0. The van der Waals surface area contributed by atoms with E-state index in [1.54, 1.807) is 22.0 Å². The summed E-state index contributed by atoms with van der Waals surface area (Å²) >= 11 is 2.85. The van der Waals surface area contributed by atoms with E-state index in [9.17, 15) is 9.59 Å². The first-order valence-electron chi connectivity index (χ1n) is 7.51. The van der Waals surface area contributed by atoms with Gasteiger partial charge in [0.1, 0.15) is 4.83 Å². The van der Waals surface area contributed by atoms with Gasteiger partial charge in [-0.3, -0.25) is 14.2 Å². The predicted octanol–water partition coefficient (Wildman–Crippen LogP) is 2.79. The molecule has 0 unspecified atom stereocenters. The number of carbonyl (C=O) groups is 1. The summed E-state index contributed by atoms with van der Waals surface area (Å²) in [6.07, 6.45) is 5.95. The summed E-state index contributed by atoms with van der Waals surface area (Å²) in [5.41, 5.74) is 1.15. The van der Waals surface area contributed by atoms with Gasteiger partial charge in [-0.05, 0) is 31.2 Å². The molecule has 5 nitrogen and oxygen atoms in total. The van der Waals surface area contributed by atoms with Gasteiger partial charge in [0.15, 0.2) is 5.16 Å². The van der Waals surface area contributed by atoms with E-state index in [-0.39, 0.29) is 17.3 Å². The van der Waals surface area contributed by atoms with Crippen molar-refractivity contribution in [1.82, 2.24) is 9.55 Å². The Morgan fingerprint density at radius 2 is 2.26 bits per heavy atom. The molecule has 0 spiro atoms. The number of methoxy groups -OCH3 is 1. The van der Waals surface area contributed by atoms with Crippen molar-refractivity contribution in [3.63, 3.8) is 0 Å². The van der Waals surface area contributed by atoms with E-state index in [1.807, 2.05) is 0 Å². The van der Waals surface area contributed by atoms with Gasteiger partial charge in [-0.15, -0.1) is 17.9 Å². The molecule has 0 saturated heterocycles. The monoisotopic (exact) mass is 350 g/mol. The lowest BCUT2D eigenvalue weighted by Gasteiger charge is -2.12. The van der Waals surface area contributed by atoms with Crippen molar-refractivity contribution in [2.45, 2.75) is 37.4 Å². The molecule has 122 valence electrons. The fraction of sp³-hybridized carbons (Fsp3) is 0.438. The maximum absolute atomic E-state index is 12.9. The molecule has 2 heterocycles. The van der Waals surface area contributed by atoms with Gasteiger partial charge in [-0.25, -0.2) is 4.98 Å². The smallest absolute Gasteiger partial charge is 0.316 e. The number of ether oxygens (including phenoxy) is 1. The molecule has 0 saturated carbocycles. The second-order valence-corrected chi connectivity index (χ2v) is 7.38. The number of aromatic nitrogens is 2. The third-order valence-electron chi connectivity index (χ3n) is 3.90. The van der Waals surface area contributed by atoms with Crippen molar-refractivity contribution in [3.8, 4) is 0 Å². The van der Waals surface area contributed by atoms with Crippen LogP contribution in [0, 0.1) is 0 Å². The molecule has 0 N–H and O–H groups in total. The molecule has 0 amide bonds. The molecule has 0 atom stereocenters. The zero-order chi connectivity index (χ0) is 16.4. The van der Waals surface area contributed by atoms with Crippen LogP contribution in [0.15, 0.2) is 22.6 Å². The van der Waals surface area contributed by atoms with E-state index in [0.717, 1.165) is 29.5 Å². The fourth-order valence-electron chi connectivity index (χ4n) is 2.80. The lowest BCUT2D eigenvalue weighted by atomic mass is 9.97. The van der Waals surface area contributed by atoms with E-state index in [1.165, 1.54) is 35.7 Å². The average Bonchev–Trinajstić information content (AvgIpc) is 2.94. The predicted molar refractivity (Wildman–Crippen MR) is 93.5 cm³/mol. The van der Waals surface area contributed by atoms with E-state index >= 15 is 0 Å². The zero-order valence-electron chi connectivity index (χ0n) is 13.0. The molecule has 1 aliphatic rings. The van der Waals surface area contributed by atoms with Crippen LogP contribution in [0.1, 0.15) is 23.3 Å². The molecule has 3 rings (SSSR count). The van der Waals surface area contributed by atoms with E-state index in [0.29, 0.717) is 11.7 Å². The summed E-state index contributed by atoms with van der Waals surface area (Å²) in [5.74, 6) is -0.198. The largest absolute Gasteiger partial charge is 0.468 e. The summed E-state index contributed by atoms with van der Waals surface area (Å²) in [4.78, 5) is 31.1. The Morgan fingerprint density at radius 3 is 3.00 bits per heavy atom. The quantitative estimate of drug-likeness (QED) is 0.359. The molecule has 0 aliphatic heterocycles. The van der Waals surface area contributed by atoms with Gasteiger partial charge in [0.25, 0.3) is 5.56 Å². The first-order valence-corrected chi connectivity index (χ1v) is 9.31. The standard InChI is InChI=1S/C16H18N2O3S2/c1-3-8-18-15(20)13-10-6-4-5-7-11(10)23-14(13)17-16(18)22-9-12(19)21-2/h3H,1,4-9H2,2H3. The summed E-state index contributed by atoms with van der Waals surface area (Å²) in [7, 11) is 1.35. The summed E-state index contributed by atoms with van der Waals surface area (Å²) < 4.78 is 6.27. The minimum Gasteiger partial charge on any atom is -0.468 e. The van der Waals surface area contributed by atoms with Crippen LogP contribution in [-0.2, 0) is 28.9 Å². The van der Waals surface area contributed by atoms with Crippen molar-refractivity contribution in [3.05, 3.63) is 33.4 Å². The lowest BCUT2D eigenvalue weighted by molar-refractivity contribution is -0.137. The number of thioether (sulfide) groups is 1. The van der Waals surface area contributed by atoms with Crippen LogP contribution >= 0.6 is 23.1 Å². The fourth-order valence-corrected chi connectivity index (χ4v) is 4.95. The number of hydrogen-bond acceptors (Lipinski definition) is 6. The first-order chi connectivity index (χ1) is 11.2. The molecule has 2 aromatic rings. The van der Waals surface area contributed by atoms with Gasteiger partial charge in [0.05, 0.1) is 18.2 Å². The van der Waals surface area contributed by atoms with Crippen LogP contribution in [0.4, 0.5) is 0 Å². The van der Waals surface area contributed by atoms with Gasteiger partial charge < -0.3 is 4.74 Å². The zero-order valence-corrected chi connectivity index (χ0v) is 14.6. The number of fused-ring (bicyclic) bond motifs is 3. The number of hydrogen-bond donors (Lipinski definition) is 0. The summed E-state index contributed by atoms with van der Waals surface area (Å²) in [6.45, 7) is 4.10. The second kappa shape index (κ2) is 6.88. The average molecular weight is 350 g/mol. The minimum absolute atomic E-state index is 0.0262. The Bertz CT molecular complexity index is 823. The van der Waals surface area contributed by atoms with Gasteiger partial charge >= 0.3 is 5.97 Å². The van der Waals surface area contributed by atoms with Crippen molar-refractivity contribution in [2.24, 2.45) is 0 Å². The van der Waals surface area contributed by atoms with Crippen LogP contribution in [0.2, 0.25) is 0 Å². The maximum atomic E-state index is 12.9. The number of esters is 1. The maximum Gasteiger partial charge on any atom is 0.316 e. The molecule has 0 aromatic carbocycles. The van der Waals surface area contributed by atoms with Crippen molar-refractivity contribution >= 4 is 39.3 Å². The van der Waals surface area contributed by atoms with Crippen LogP contribution in [0.25, 0.3) is 10.2 Å². The van der Waals surface area contributed by atoms with Crippen LogP contribution in [-0.4, -0.2) is 28.4 Å². The van der Waals surface area contributed by atoms with Crippen LogP contribution in [0.3, 0.4) is 0 Å². The van der Waals surface area contributed by atoms with Gasteiger partial charge in [0.2, 0.25) is 0 Å². The Morgan fingerprint density at radius 1 is 1.48 bits per heavy atom. The van der Waals surface area contributed by atoms with E-state index < -0.39 is 0 Å². The van der Waals surface area contributed by atoms with Crippen molar-refractivity contribution in [2.75, 3.05) is 12.9 Å². The third-order valence-corrected chi connectivity index (χ3v) is 6.03.